The van der Waals surface area contributed by atoms with Gasteiger partial charge in [-0.2, -0.15) is 0 Å². The first kappa shape index (κ1) is 12.8. The molecule has 0 radical (unpaired) electrons. The van der Waals surface area contributed by atoms with Crippen molar-refractivity contribution < 1.29 is 9.53 Å². The van der Waals surface area contributed by atoms with Gasteiger partial charge in [-0.15, -0.1) is 0 Å². The average Bonchev–Trinajstić information content (AvgIpc) is 2.97. The van der Waals surface area contributed by atoms with Crippen LogP contribution in [0.15, 0.2) is 0 Å². The third kappa shape index (κ3) is 3.96. The zero-order valence-corrected chi connectivity index (χ0v) is 10.7. The minimum absolute atomic E-state index is 0.209. The summed E-state index contributed by atoms with van der Waals surface area (Å²) in [6.07, 6.45) is 7.57. The van der Waals surface area contributed by atoms with Crippen LogP contribution < -0.4 is 10.6 Å². The van der Waals surface area contributed by atoms with Crippen LogP contribution in [0.1, 0.15) is 44.9 Å². The summed E-state index contributed by atoms with van der Waals surface area (Å²) in [6, 6.07) is 0.903. The second kappa shape index (κ2) is 6.36. The van der Waals surface area contributed by atoms with Crippen LogP contribution in [0.4, 0.5) is 0 Å². The SMILES string of the molecule is COC1CCC(NC(=O)CCC2CCCN2)C1. The lowest BCUT2D eigenvalue weighted by molar-refractivity contribution is -0.122. The summed E-state index contributed by atoms with van der Waals surface area (Å²) in [7, 11) is 1.75. The fourth-order valence-electron chi connectivity index (χ4n) is 2.89. The molecule has 1 aliphatic heterocycles. The molecule has 4 nitrogen and oxygen atoms in total. The van der Waals surface area contributed by atoms with Crippen molar-refractivity contribution in [2.24, 2.45) is 0 Å². The van der Waals surface area contributed by atoms with E-state index in [-0.39, 0.29) is 5.91 Å². The first-order valence-electron chi connectivity index (χ1n) is 6.83. The van der Waals surface area contributed by atoms with Gasteiger partial charge < -0.3 is 15.4 Å². The van der Waals surface area contributed by atoms with E-state index in [1.165, 1.54) is 12.8 Å². The maximum Gasteiger partial charge on any atom is 0.220 e. The molecule has 0 aromatic rings. The second-order valence-electron chi connectivity index (χ2n) is 5.27. The molecule has 1 saturated carbocycles. The van der Waals surface area contributed by atoms with Crippen LogP contribution in [0, 0.1) is 0 Å². The highest BCUT2D eigenvalue weighted by Crippen LogP contribution is 2.21. The van der Waals surface area contributed by atoms with Gasteiger partial charge in [0.25, 0.3) is 0 Å². The Morgan fingerprint density at radius 1 is 1.41 bits per heavy atom. The lowest BCUT2D eigenvalue weighted by atomic mass is 10.1. The maximum atomic E-state index is 11.8. The number of nitrogens with one attached hydrogen (secondary N) is 2. The van der Waals surface area contributed by atoms with Crippen molar-refractivity contribution in [3.8, 4) is 0 Å². The number of amides is 1. The molecule has 1 aliphatic carbocycles. The Morgan fingerprint density at radius 3 is 2.94 bits per heavy atom. The van der Waals surface area contributed by atoms with Gasteiger partial charge in [0, 0.05) is 25.6 Å². The molecule has 1 saturated heterocycles. The Balaban J connectivity index is 1.60. The molecule has 1 heterocycles. The van der Waals surface area contributed by atoms with Gasteiger partial charge in [0.1, 0.15) is 0 Å². The Morgan fingerprint density at radius 2 is 2.29 bits per heavy atom. The van der Waals surface area contributed by atoms with E-state index in [4.69, 9.17) is 4.74 Å². The molecule has 0 bridgehead atoms. The van der Waals surface area contributed by atoms with Crippen LogP contribution in [0.25, 0.3) is 0 Å². The van der Waals surface area contributed by atoms with Crippen molar-refractivity contribution >= 4 is 5.91 Å². The van der Waals surface area contributed by atoms with Crippen molar-refractivity contribution in [1.29, 1.82) is 0 Å². The Hall–Kier alpha value is -0.610. The van der Waals surface area contributed by atoms with E-state index in [0.29, 0.717) is 24.6 Å². The number of carbonyl (C=O) groups is 1. The zero-order valence-electron chi connectivity index (χ0n) is 10.7. The first-order valence-corrected chi connectivity index (χ1v) is 6.83. The summed E-state index contributed by atoms with van der Waals surface area (Å²) in [5.74, 6) is 0.209. The van der Waals surface area contributed by atoms with Gasteiger partial charge in [0.2, 0.25) is 5.91 Å². The third-order valence-corrected chi connectivity index (χ3v) is 3.97. The lowest BCUT2D eigenvalue weighted by Gasteiger charge is -2.14. The molecule has 2 fully saturated rings. The van der Waals surface area contributed by atoms with Gasteiger partial charge >= 0.3 is 0 Å². The number of methoxy groups -OCH3 is 1. The molecule has 4 heteroatoms. The summed E-state index contributed by atoms with van der Waals surface area (Å²) < 4.78 is 5.30. The van der Waals surface area contributed by atoms with Gasteiger partial charge in [-0.05, 0) is 45.1 Å². The van der Waals surface area contributed by atoms with E-state index in [2.05, 4.69) is 10.6 Å². The van der Waals surface area contributed by atoms with Gasteiger partial charge in [0.05, 0.1) is 6.10 Å². The van der Waals surface area contributed by atoms with Gasteiger partial charge in [-0.25, -0.2) is 0 Å². The number of rotatable bonds is 5. The molecule has 0 aromatic heterocycles. The van der Waals surface area contributed by atoms with E-state index in [1.54, 1.807) is 7.11 Å². The highest BCUT2D eigenvalue weighted by molar-refractivity contribution is 5.76. The average molecular weight is 240 g/mol. The quantitative estimate of drug-likeness (QED) is 0.759. The fourth-order valence-corrected chi connectivity index (χ4v) is 2.89. The Bertz CT molecular complexity index is 252. The molecule has 1 amide bonds. The van der Waals surface area contributed by atoms with Crippen molar-refractivity contribution in [2.45, 2.75) is 63.1 Å². The molecular weight excluding hydrogens is 216 g/mol. The van der Waals surface area contributed by atoms with E-state index in [9.17, 15) is 4.79 Å². The molecule has 3 unspecified atom stereocenters. The molecule has 3 atom stereocenters. The summed E-state index contributed by atoms with van der Waals surface area (Å²) in [5, 5.41) is 6.54. The zero-order chi connectivity index (χ0) is 12.1. The highest BCUT2D eigenvalue weighted by Gasteiger charge is 2.25. The Kier molecular flexibility index (Phi) is 4.80. The van der Waals surface area contributed by atoms with Crippen LogP contribution >= 0.6 is 0 Å². The molecule has 2 rings (SSSR count). The second-order valence-corrected chi connectivity index (χ2v) is 5.27. The van der Waals surface area contributed by atoms with Gasteiger partial charge in [0.15, 0.2) is 0 Å². The first-order chi connectivity index (χ1) is 8.28. The standard InChI is InChI=1S/C13H24N2O2/c1-17-12-6-4-11(9-12)15-13(16)7-5-10-3-2-8-14-10/h10-12,14H,2-9H2,1H3,(H,15,16). The Labute approximate surface area is 103 Å². The van der Waals surface area contributed by atoms with E-state index in [1.807, 2.05) is 0 Å². The van der Waals surface area contributed by atoms with Crippen LogP contribution in [0.3, 0.4) is 0 Å². The van der Waals surface area contributed by atoms with E-state index >= 15 is 0 Å². The van der Waals surface area contributed by atoms with Crippen molar-refractivity contribution in [3.05, 3.63) is 0 Å². The largest absolute Gasteiger partial charge is 0.381 e. The molecule has 98 valence electrons. The number of hydrogen-bond acceptors (Lipinski definition) is 3. The predicted molar refractivity (Wildman–Crippen MR) is 66.8 cm³/mol. The summed E-state index contributed by atoms with van der Waals surface area (Å²) >= 11 is 0. The predicted octanol–water partition coefficient (Wildman–Crippen LogP) is 1.20. The van der Waals surface area contributed by atoms with Crippen molar-refractivity contribution in [2.75, 3.05) is 13.7 Å². The molecule has 17 heavy (non-hydrogen) atoms. The van der Waals surface area contributed by atoms with Gasteiger partial charge in [-0.3, -0.25) is 4.79 Å². The minimum atomic E-state index is 0.209. The van der Waals surface area contributed by atoms with Crippen molar-refractivity contribution in [3.63, 3.8) is 0 Å². The van der Waals surface area contributed by atoms with Crippen LogP contribution in [0.5, 0.6) is 0 Å². The topological polar surface area (TPSA) is 50.4 Å². The molecule has 0 aromatic carbocycles. The van der Waals surface area contributed by atoms with Crippen molar-refractivity contribution in [1.82, 2.24) is 10.6 Å². The van der Waals surface area contributed by atoms with Gasteiger partial charge in [-0.1, -0.05) is 0 Å². The molecular formula is C13H24N2O2. The molecule has 0 spiro atoms. The summed E-state index contributed by atoms with van der Waals surface area (Å²) in [6.45, 7) is 1.12. The molecule has 2 aliphatic rings. The van der Waals surface area contributed by atoms with E-state index < -0.39 is 0 Å². The maximum absolute atomic E-state index is 11.8. The third-order valence-electron chi connectivity index (χ3n) is 3.97. The van der Waals surface area contributed by atoms with Crippen LogP contribution in [-0.2, 0) is 9.53 Å². The number of carbonyl (C=O) groups excluding carboxylic acids is 1. The van der Waals surface area contributed by atoms with Crippen LogP contribution in [-0.4, -0.2) is 37.7 Å². The normalized spacial score (nSPS) is 32.9. The minimum Gasteiger partial charge on any atom is -0.381 e. The van der Waals surface area contributed by atoms with E-state index in [0.717, 1.165) is 32.2 Å². The number of ether oxygens (including phenoxy) is 1. The fraction of sp³-hybridized carbons (Fsp3) is 0.923. The monoisotopic (exact) mass is 240 g/mol. The summed E-state index contributed by atoms with van der Waals surface area (Å²) in [4.78, 5) is 11.8. The lowest BCUT2D eigenvalue weighted by Crippen LogP contribution is -2.34. The highest BCUT2D eigenvalue weighted by atomic mass is 16.5. The smallest absolute Gasteiger partial charge is 0.220 e. The summed E-state index contributed by atoms with van der Waals surface area (Å²) in [5.41, 5.74) is 0. The number of hydrogen-bond donors (Lipinski definition) is 2. The van der Waals surface area contributed by atoms with Crippen LogP contribution in [0.2, 0.25) is 0 Å². The molecule has 2 N–H and O–H groups in total.